The van der Waals surface area contributed by atoms with E-state index >= 15 is 0 Å². The molecular formula is C88H132N18O16. The van der Waals surface area contributed by atoms with Gasteiger partial charge in [0.15, 0.2) is 17.7 Å². The number of nitrogens with one attached hydrogen (secondary N) is 10. The second kappa shape index (κ2) is 41.1. The zero-order valence-electron chi connectivity index (χ0n) is 74.2. The lowest BCUT2D eigenvalue weighted by atomic mass is 9.85. The van der Waals surface area contributed by atoms with Crippen LogP contribution in [0.2, 0.25) is 0 Å². The number of hydrogen-bond donors (Lipinski definition) is 11. The maximum Gasteiger partial charge on any atom is 0.315 e. The molecule has 0 radical (unpaired) electrons. The Bertz CT molecular complexity index is 4620. The average molecular weight is 1700 g/mol. The fourth-order valence-corrected chi connectivity index (χ4v) is 13.6. The van der Waals surface area contributed by atoms with Gasteiger partial charge in [-0.2, -0.15) is 10.2 Å². The Morgan fingerprint density at radius 3 is 1.28 bits per heavy atom. The third kappa shape index (κ3) is 28.2. The summed E-state index contributed by atoms with van der Waals surface area (Å²) >= 11 is 0. The van der Waals surface area contributed by atoms with Crippen molar-refractivity contribution in [3.05, 3.63) is 85.5 Å². The minimum absolute atomic E-state index is 0. The molecule has 4 fully saturated rings. The van der Waals surface area contributed by atoms with E-state index in [0.717, 1.165) is 32.0 Å². The van der Waals surface area contributed by atoms with E-state index in [1.807, 2.05) is 151 Å². The van der Waals surface area contributed by atoms with Crippen LogP contribution in [0, 0.1) is 16.2 Å². The van der Waals surface area contributed by atoms with Gasteiger partial charge in [-0.1, -0.05) is 96.4 Å². The molecule has 6 aromatic rings. The molecule has 11 N–H and O–H groups in total. The SMILES string of the molecule is C.CC(C)(C)NC(=O)N[C@H](C=O)C(C)(C)C.CCC[C@H](NC(=O)[C@@H]1C[C@@H](Oc2cc(-n3cccn3)nc3cc(OC)ccc23)CN1C(=O)[C@@H](NC(=O)NC(C)(C)C)C(C)(C)C)C(=O)C(=O)NC1CC1.CCC[C@H](NC(=O)[C@@H]1C[C@@H](Oc2cc(-n3cccn3)nc3cc(OC)ccc23)CN1C(=O)[C@@H](NC(=O)NC(C)(C)C)C(C)(C)C)[C@H](O)C(=O)NC1CC1. The molecule has 2 saturated carbocycles. The van der Waals surface area contributed by atoms with Crippen LogP contribution in [0.3, 0.4) is 0 Å². The Morgan fingerprint density at radius 2 is 0.926 bits per heavy atom. The summed E-state index contributed by atoms with van der Waals surface area (Å²) in [6.45, 7) is 37.2. The van der Waals surface area contributed by atoms with Gasteiger partial charge in [0.25, 0.3) is 11.8 Å². The number of fused-ring (bicyclic) bond motifs is 2. The minimum Gasteiger partial charge on any atom is -0.497 e. The van der Waals surface area contributed by atoms with Crippen LogP contribution in [0.15, 0.2) is 85.5 Å². The Labute approximate surface area is 716 Å². The van der Waals surface area contributed by atoms with Crippen molar-refractivity contribution in [2.45, 2.75) is 299 Å². The zero-order chi connectivity index (χ0) is 89.6. The van der Waals surface area contributed by atoms with E-state index in [9.17, 15) is 57.8 Å². The number of aliphatic hydroxyl groups excluding tert-OH is 1. The van der Waals surface area contributed by atoms with Gasteiger partial charge in [0, 0.05) is 101 Å². The van der Waals surface area contributed by atoms with E-state index in [1.165, 1.54) is 9.80 Å². The van der Waals surface area contributed by atoms with Crippen molar-refractivity contribution in [2.75, 3.05) is 27.3 Å². The normalized spacial score (nSPS) is 18.2. The number of ketones is 1. The highest BCUT2D eigenvalue weighted by atomic mass is 16.5. The van der Waals surface area contributed by atoms with Gasteiger partial charge >= 0.3 is 18.1 Å². The number of amides is 12. The monoisotopic (exact) mass is 1700 g/mol. The largest absolute Gasteiger partial charge is 0.497 e. The molecule has 6 heterocycles. The van der Waals surface area contributed by atoms with Gasteiger partial charge in [0.2, 0.25) is 29.4 Å². The van der Waals surface area contributed by atoms with Crippen LogP contribution < -0.4 is 72.1 Å². The summed E-state index contributed by atoms with van der Waals surface area (Å²) in [7, 11) is 3.14. The number of hydrogen-bond acceptors (Lipinski definition) is 20. The van der Waals surface area contributed by atoms with Gasteiger partial charge in [-0.25, -0.2) is 33.7 Å². The number of aliphatic hydroxyl groups is 1. The molecule has 10 atom stereocenters. The van der Waals surface area contributed by atoms with Crippen LogP contribution in [-0.2, 0) is 38.4 Å². The highest BCUT2D eigenvalue weighted by Crippen LogP contribution is 2.37. The summed E-state index contributed by atoms with van der Waals surface area (Å²) < 4.78 is 27.4. The van der Waals surface area contributed by atoms with E-state index in [2.05, 4.69) is 63.4 Å². The highest BCUT2D eigenvalue weighted by molar-refractivity contribution is 6.38. The maximum atomic E-state index is 14.6. The number of pyridine rings is 2. The van der Waals surface area contributed by atoms with Gasteiger partial charge < -0.3 is 91.8 Å². The predicted octanol–water partition coefficient (Wildman–Crippen LogP) is 8.97. The lowest BCUT2D eigenvalue weighted by Crippen LogP contribution is -2.61. The fraction of sp³-hybridized carbons (Fsp3) is 0.602. The standard InChI is InChI=1S/C38H54N8O7.C38H52N8O7.C11H22N2O2.CH4/c2*1-9-11-26(31(47)34(49)40-22-12-13-22)42-33(48)28-19-24(21-45(28)35(50)32(37(2,3)4)43-36(51)44-38(5,6)7)53-29-20-30(46-17-10-16-39-46)41-27-18-23(52-8)14-15-25(27)29;1-10(2,3)8(7-14)12-9(15)13-11(4,5)6;/h10,14-18,20,22,24,26,28,31-32,47H,9,11-13,19,21H2,1-8H3,(H,40,49)(H,42,48)(H2,43,44,51);10,14-18,20,22,24,26,28,32H,9,11-13,19,21H2,1-8H3,(H,40,49)(H,42,48)(H2,43,44,51);7-8H,1-6H3,(H2,12,13,15);1H4/t24-,26+,28+,31+,32-;24-,26+,28+,32-;8-;/m111./s1. The van der Waals surface area contributed by atoms with Crippen molar-refractivity contribution >= 4 is 87.4 Å². The van der Waals surface area contributed by atoms with Crippen LogP contribution in [0.25, 0.3) is 33.4 Å². The number of ether oxygens (including phenoxy) is 4. The van der Waals surface area contributed by atoms with Gasteiger partial charge in [-0.3, -0.25) is 33.6 Å². The van der Waals surface area contributed by atoms with E-state index in [-0.39, 0.29) is 68.8 Å². The molecule has 2 aliphatic heterocycles. The summed E-state index contributed by atoms with van der Waals surface area (Å²) in [4.78, 5) is 157. The first kappa shape index (κ1) is 97.9. The van der Waals surface area contributed by atoms with Gasteiger partial charge in [0.1, 0.15) is 65.7 Å². The molecule has 670 valence electrons. The quantitative estimate of drug-likeness (QED) is 0.0161. The summed E-state index contributed by atoms with van der Waals surface area (Å²) in [5.41, 5.74) is -2.01. The summed E-state index contributed by atoms with van der Waals surface area (Å²) in [6, 6.07) is 9.92. The molecular weight excluding hydrogens is 1570 g/mol. The topological polar surface area (TPSA) is 433 Å². The smallest absolute Gasteiger partial charge is 0.315 e. The van der Waals surface area contributed by atoms with Crippen molar-refractivity contribution in [1.82, 2.24) is 92.5 Å². The molecule has 10 rings (SSSR count). The number of nitrogens with zero attached hydrogens (tertiary/aromatic N) is 8. The molecule has 2 aromatic carbocycles. The molecule has 0 bridgehead atoms. The molecule has 2 saturated heterocycles. The maximum absolute atomic E-state index is 14.6. The molecule has 12 amide bonds. The Balaban J connectivity index is 0.000000285. The summed E-state index contributed by atoms with van der Waals surface area (Å²) in [6.07, 6.45) is 9.94. The summed E-state index contributed by atoms with van der Waals surface area (Å²) in [5.74, 6) is -0.979. The van der Waals surface area contributed by atoms with Crippen LogP contribution in [0.5, 0.6) is 23.0 Å². The average Bonchev–Trinajstić information content (AvgIpc) is 1.57. The van der Waals surface area contributed by atoms with Crippen LogP contribution in [0.4, 0.5) is 14.4 Å². The molecule has 4 aliphatic rings. The number of aromatic nitrogens is 6. The van der Waals surface area contributed by atoms with Gasteiger partial charge in [-0.05, 0) is 153 Å². The molecule has 34 heteroatoms. The van der Waals surface area contributed by atoms with E-state index < -0.39 is 136 Å². The van der Waals surface area contributed by atoms with Crippen molar-refractivity contribution in [3.8, 4) is 34.6 Å². The van der Waals surface area contributed by atoms with Crippen LogP contribution in [-0.4, -0.2) is 227 Å². The van der Waals surface area contributed by atoms with Crippen LogP contribution >= 0.6 is 0 Å². The molecule has 0 unspecified atom stereocenters. The number of methoxy groups -OCH3 is 2. The van der Waals surface area contributed by atoms with Crippen molar-refractivity contribution in [3.63, 3.8) is 0 Å². The second-order valence-electron chi connectivity index (χ2n) is 37.8. The van der Waals surface area contributed by atoms with Crippen molar-refractivity contribution in [1.29, 1.82) is 0 Å². The Morgan fingerprint density at radius 1 is 0.525 bits per heavy atom. The van der Waals surface area contributed by atoms with E-state index in [4.69, 9.17) is 28.9 Å². The van der Waals surface area contributed by atoms with Gasteiger partial charge in [-0.15, -0.1) is 0 Å². The second-order valence-corrected chi connectivity index (χ2v) is 37.8. The number of aldehydes is 1. The van der Waals surface area contributed by atoms with Gasteiger partial charge in [0.05, 0.1) is 56.5 Å². The molecule has 34 nitrogen and oxygen atoms in total. The Kier molecular flexibility index (Phi) is 33.0. The third-order valence-electron chi connectivity index (χ3n) is 20.1. The predicted molar refractivity (Wildman–Crippen MR) is 464 cm³/mol. The first-order valence-electron chi connectivity index (χ1n) is 41.6. The van der Waals surface area contributed by atoms with Crippen molar-refractivity contribution in [2.24, 2.45) is 16.2 Å². The number of Topliss-reactive ketones (excluding diaryl/α,β-unsaturated/α-hetero) is 1. The molecule has 4 aromatic heterocycles. The minimum atomic E-state index is -1.47. The number of likely N-dealkylation sites (tertiary alicyclic amines) is 2. The van der Waals surface area contributed by atoms with E-state index in [0.29, 0.717) is 75.7 Å². The molecule has 122 heavy (non-hydrogen) atoms. The van der Waals surface area contributed by atoms with E-state index in [1.54, 1.807) is 96.9 Å². The number of carbonyl (C=O) groups excluding carboxylic acids is 11. The first-order valence-corrected chi connectivity index (χ1v) is 41.6. The lowest BCUT2D eigenvalue weighted by molar-refractivity contribution is -0.144. The molecule has 0 spiro atoms. The van der Waals surface area contributed by atoms with Crippen molar-refractivity contribution < 1.29 is 76.8 Å². The number of urea groups is 3. The number of carbonyl (C=O) groups is 11. The third-order valence-corrected chi connectivity index (χ3v) is 20.1. The highest BCUT2D eigenvalue weighted by Gasteiger charge is 2.50. The zero-order valence-corrected chi connectivity index (χ0v) is 74.2. The number of benzene rings is 2. The number of rotatable bonds is 28. The molecule has 2 aliphatic carbocycles. The van der Waals surface area contributed by atoms with Crippen LogP contribution in [0.1, 0.15) is 210 Å². The summed E-state index contributed by atoms with van der Waals surface area (Å²) in [5, 5.41) is 49.0. The first-order chi connectivity index (χ1) is 56.5. The lowest BCUT2D eigenvalue weighted by Gasteiger charge is -2.36. The Hall–Kier alpha value is -11.2. The fourth-order valence-electron chi connectivity index (χ4n) is 13.6.